The van der Waals surface area contributed by atoms with Crippen molar-refractivity contribution >= 4 is 6.03 Å². The highest BCUT2D eigenvalue weighted by atomic mass is 16.5. The Bertz CT molecular complexity index is 868. The third-order valence-electron chi connectivity index (χ3n) is 6.56. The van der Waals surface area contributed by atoms with Gasteiger partial charge in [-0.3, -0.25) is 0 Å². The van der Waals surface area contributed by atoms with Crippen molar-refractivity contribution in [3.63, 3.8) is 0 Å². The van der Waals surface area contributed by atoms with Gasteiger partial charge in [-0.2, -0.15) is 0 Å². The molecule has 0 radical (unpaired) electrons. The van der Waals surface area contributed by atoms with Crippen LogP contribution in [0, 0.1) is 5.92 Å². The molecule has 0 saturated heterocycles. The van der Waals surface area contributed by atoms with Gasteiger partial charge in [0, 0.05) is 30.8 Å². The maximum Gasteiger partial charge on any atom is 0.318 e. The molecule has 0 spiro atoms. The topological polar surface area (TPSA) is 67.6 Å². The SMILES string of the molecule is CC1CC1c1ccc(CN(C(=O)NCc2ccc(OC3CCCC3)nc2)C2CC2)o1. The van der Waals surface area contributed by atoms with Gasteiger partial charge >= 0.3 is 6.03 Å². The van der Waals surface area contributed by atoms with Crippen LogP contribution in [0.1, 0.15) is 74.9 Å². The number of pyridine rings is 1. The molecule has 3 aliphatic carbocycles. The third-order valence-corrected chi connectivity index (χ3v) is 6.56. The van der Waals surface area contributed by atoms with E-state index in [1.807, 2.05) is 23.1 Å². The number of carbonyl (C=O) groups is 1. The Morgan fingerprint density at radius 2 is 2.00 bits per heavy atom. The number of carbonyl (C=O) groups excluding carboxylic acids is 1. The molecule has 0 aliphatic heterocycles. The van der Waals surface area contributed by atoms with Crippen LogP contribution in [0.15, 0.2) is 34.9 Å². The van der Waals surface area contributed by atoms with Gasteiger partial charge < -0.3 is 19.4 Å². The molecule has 0 aromatic carbocycles. The fourth-order valence-corrected chi connectivity index (χ4v) is 4.36. The summed E-state index contributed by atoms with van der Waals surface area (Å²) in [6.45, 7) is 3.24. The number of ether oxygens (including phenoxy) is 1. The van der Waals surface area contributed by atoms with Crippen molar-refractivity contribution < 1.29 is 13.9 Å². The number of amides is 2. The summed E-state index contributed by atoms with van der Waals surface area (Å²) in [5.74, 6) is 3.90. The minimum Gasteiger partial charge on any atom is -0.474 e. The standard InChI is InChI=1S/C24H31N3O3/c1-16-12-21(16)22-10-9-20(29-22)15-27(18-7-8-18)24(28)26-14-17-6-11-23(25-13-17)30-19-4-2-3-5-19/h6,9-11,13,16,18-19,21H,2-5,7-8,12,14-15H2,1H3,(H,26,28). The zero-order chi connectivity index (χ0) is 20.5. The van der Waals surface area contributed by atoms with E-state index in [2.05, 4.69) is 23.3 Å². The summed E-state index contributed by atoms with van der Waals surface area (Å²) in [6.07, 6.45) is 10.2. The molecule has 2 aromatic rings. The number of furan rings is 1. The summed E-state index contributed by atoms with van der Waals surface area (Å²) in [7, 11) is 0. The number of aromatic nitrogens is 1. The maximum atomic E-state index is 12.8. The van der Waals surface area contributed by atoms with Gasteiger partial charge in [-0.1, -0.05) is 13.0 Å². The van der Waals surface area contributed by atoms with Crippen LogP contribution in [0.3, 0.4) is 0 Å². The Kier molecular flexibility index (Phi) is 5.40. The molecule has 6 heteroatoms. The maximum absolute atomic E-state index is 12.8. The lowest BCUT2D eigenvalue weighted by molar-refractivity contribution is 0.186. The number of nitrogens with one attached hydrogen (secondary N) is 1. The van der Waals surface area contributed by atoms with Crippen molar-refractivity contribution in [2.24, 2.45) is 5.92 Å². The van der Waals surface area contributed by atoms with E-state index in [0.29, 0.717) is 37.0 Å². The number of hydrogen-bond acceptors (Lipinski definition) is 4. The van der Waals surface area contributed by atoms with Gasteiger partial charge in [0.1, 0.15) is 17.6 Å². The van der Waals surface area contributed by atoms with Crippen molar-refractivity contribution in [2.45, 2.75) is 83.0 Å². The molecule has 2 atom stereocenters. The molecule has 1 N–H and O–H groups in total. The molecule has 3 fully saturated rings. The van der Waals surface area contributed by atoms with E-state index in [1.54, 1.807) is 6.20 Å². The van der Waals surface area contributed by atoms with E-state index in [4.69, 9.17) is 9.15 Å². The quantitative estimate of drug-likeness (QED) is 0.667. The zero-order valence-corrected chi connectivity index (χ0v) is 17.7. The summed E-state index contributed by atoms with van der Waals surface area (Å²) in [5.41, 5.74) is 0.973. The normalized spacial score (nSPS) is 23.4. The van der Waals surface area contributed by atoms with E-state index in [0.717, 1.165) is 48.7 Å². The molecule has 3 aliphatic rings. The minimum absolute atomic E-state index is 0.0403. The number of rotatable bonds is 8. The van der Waals surface area contributed by atoms with Crippen LogP contribution in [0.5, 0.6) is 5.88 Å². The summed E-state index contributed by atoms with van der Waals surface area (Å²) in [5, 5.41) is 3.05. The van der Waals surface area contributed by atoms with Crippen molar-refractivity contribution in [1.29, 1.82) is 0 Å². The third kappa shape index (κ3) is 4.63. The van der Waals surface area contributed by atoms with Crippen LogP contribution in [0.2, 0.25) is 0 Å². The summed E-state index contributed by atoms with van der Waals surface area (Å²) >= 11 is 0. The summed E-state index contributed by atoms with van der Waals surface area (Å²) in [6, 6.07) is 8.26. The molecule has 160 valence electrons. The van der Waals surface area contributed by atoms with Crippen molar-refractivity contribution in [1.82, 2.24) is 15.2 Å². The highest BCUT2D eigenvalue weighted by Crippen LogP contribution is 2.47. The Hall–Kier alpha value is -2.50. The molecule has 2 unspecified atom stereocenters. The van der Waals surface area contributed by atoms with Crippen LogP contribution in [-0.2, 0) is 13.1 Å². The molecule has 2 heterocycles. The largest absolute Gasteiger partial charge is 0.474 e. The van der Waals surface area contributed by atoms with Gasteiger partial charge in [-0.15, -0.1) is 0 Å². The van der Waals surface area contributed by atoms with Crippen LogP contribution in [0.25, 0.3) is 0 Å². The molecule has 6 nitrogen and oxygen atoms in total. The van der Waals surface area contributed by atoms with Crippen LogP contribution < -0.4 is 10.1 Å². The van der Waals surface area contributed by atoms with Crippen molar-refractivity contribution in [3.8, 4) is 5.88 Å². The van der Waals surface area contributed by atoms with Crippen LogP contribution in [-0.4, -0.2) is 28.1 Å². The lowest BCUT2D eigenvalue weighted by Gasteiger charge is -2.22. The lowest BCUT2D eigenvalue weighted by atomic mass is 10.3. The first-order valence-electron chi connectivity index (χ1n) is 11.4. The molecule has 0 bridgehead atoms. The molecule has 3 saturated carbocycles. The molecule has 2 aromatic heterocycles. The summed E-state index contributed by atoms with van der Waals surface area (Å²) < 4.78 is 11.9. The second kappa shape index (κ2) is 8.32. The smallest absolute Gasteiger partial charge is 0.318 e. The van der Waals surface area contributed by atoms with E-state index in [9.17, 15) is 4.79 Å². The minimum atomic E-state index is -0.0403. The van der Waals surface area contributed by atoms with Gasteiger partial charge in [-0.25, -0.2) is 9.78 Å². The van der Waals surface area contributed by atoms with Gasteiger partial charge in [0.2, 0.25) is 5.88 Å². The Labute approximate surface area is 178 Å². The lowest BCUT2D eigenvalue weighted by Crippen LogP contribution is -2.40. The van der Waals surface area contributed by atoms with Gasteiger partial charge in [-0.05, 0) is 68.6 Å². The van der Waals surface area contributed by atoms with Crippen LogP contribution in [0.4, 0.5) is 4.79 Å². The zero-order valence-electron chi connectivity index (χ0n) is 17.7. The monoisotopic (exact) mass is 409 g/mol. The highest BCUT2D eigenvalue weighted by molar-refractivity contribution is 5.74. The van der Waals surface area contributed by atoms with E-state index >= 15 is 0 Å². The predicted molar refractivity (Wildman–Crippen MR) is 113 cm³/mol. The Morgan fingerprint density at radius 3 is 2.67 bits per heavy atom. The first kappa shape index (κ1) is 19.5. The fourth-order valence-electron chi connectivity index (χ4n) is 4.36. The van der Waals surface area contributed by atoms with E-state index in [1.165, 1.54) is 19.3 Å². The van der Waals surface area contributed by atoms with Crippen LogP contribution >= 0.6 is 0 Å². The van der Waals surface area contributed by atoms with Gasteiger partial charge in [0.05, 0.1) is 6.54 Å². The molecule has 5 rings (SSSR count). The molecular weight excluding hydrogens is 378 g/mol. The Morgan fingerprint density at radius 1 is 1.20 bits per heavy atom. The first-order chi connectivity index (χ1) is 14.7. The first-order valence-corrected chi connectivity index (χ1v) is 11.4. The van der Waals surface area contributed by atoms with Gasteiger partial charge in [0.25, 0.3) is 0 Å². The number of urea groups is 1. The van der Waals surface area contributed by atoms with Crippen molar-refractivity contribution in [2.75, 3.05) is 0 Å². The van der Waals surface area contributed by atoms with Crippen molar-refractivity contribution in [3.05, 3.63) is 47.5 Å². The summed E-state index contributed by atoms with van der Waals surface area (Å²) in [4.78, 5) is 19.1. The second-order valence-corrected chi connectivity index (χ2v) is 9.17. The number of hydrogen-bond donors (Lipinski definition) is 1. The fraction of sp³-hybridized carbons (Fsp3) is 0.583. The van der Waals surface area contributed by atoms with E-state index in [-0.39, 0.29) is 6.03 Å². The number of nitrogens with zero attached hydrogens (tertiary/aromatic N) is 2. The molecular formula is C24H31N3O3. The average molecular weight is 410 g/mol. The molecule has 2 amide bonds. The second-order valence-electron chi connectivity index (χ2n) is 9.17. The van der Waals surface area contributed by atoms with E-state index < -0.39 is 0 Å². The Balaban J connectivity index is 1.14. The highest BCUT2D eigenvalue weighted by Gasteiger charge is 2.37. The van der Waals surface area contributed by atoms with Gasteiger partial charge in [0.15, 0.2) is 0 Å². The predicted octanol–water partition coefficient (Wildman–Crippen LogP) is 4.99. The average Bonchev–Trinajstić information content (AvgIpc) is 3.61. The molecule has 30 heavy (non-hydrogen) atoms.